The van der Waals surface area contributed by atoms with Crippen molar-refractivity contribution in [3.63, 3.8) is 0 Å². The first-order valence-electron chi connectivity index (χ1n) is 10.5. The Morgan fingerprint density at radius 2 is 1.79 bits per heavy atom. The van der Waals surface area contributed by atoms with Gasteiger partial charge in [-0.25, -0.2) is 4.52 Å². The average Bonchev–Trinajstić information content (AvgIpc) is 3.30. The predicted octanol–water partition coefficient (Wildman–Crippen LogP) is 1.83. The fourth-order valence-electron chi connectivity index (χ4n) is 5.50. The molecule has 5 heterocycles. The summed E-state index contributed by atoms with van der Waals surface area (Å²) < 4.78 is 1.59. The van der Waals surface area contributed by atoms with Gasteiger partial charge in [-0.1, -0.05) is 24.3 Å². The summed E-state index contributed by atoms with van der Waals surface area (Å²) in [6.45, 7) is 2.94. The molecule has 0 radical (unpaired) electrons. The molecule has 7 rings (SSSR count). The number of hydrogen-bond acceptors (Lipinski definition) is 5. The lowest BCUT2D eigenvalue weighted by Gasteiger charge is -2.36. The van der Waals surface area contributed by atoms with Gasteiger partial charge in [0.15, 0.2) is 5.65 Å². The summed E-state index contributed by atoms with van der Waals surface area (Å²) in [5.41, 5.74) is 4.29. The van der Waals surface area contributed by atoms with Gasteiger partial charge in [0.1, 0.15) is 0 Å². The average molecular weight is 388 g/mol. The van der Waals surface area contributed by atoms with Crippen LogP contribution in [0.1, 0.15) is 34.3 Å². The van der Waals surface area contributed by atoms with Gasteiger partial charge in [0.2, 0.25) is 0 Å². The summed E-state index contributed by atoms with van der Waals surface area (Å²) in [7, 11) is 0. The third-order valence-corrected chi connectivity index (χ3v) is 6.99. The molecule has 4 aliphatic rings. The fourth-order valence-corrected chi connectivity index (χ4v) is 5.50. The maximum atomic E-state index is 13.3. The van der Waals surface area contributed by atoms with Gasteiger partial charge in [0, 0.05) is 43.5 Å². The topological polar surface area (TPSA) is 66.6 Å². The Kier molecular flexibility index (Phi) is 3.90. The highest BCUT2D eigenvalue weighted by molar-refractivity contribution is 5.95. The minimum absolute atomic E-state index is 0.113. The van der Waals surface area contributed by atoms with Gasteiger partial charge in [-0.05, 0) is 65.3 Å². The van der Waals surface area contributed by atoms with Crippen LogP contribution < -0.4 is 0 Å². The Morgan fingerprint density at radius 1 is 0.966 bits per heavy atom. The number of nitrogens with zero attached hydrogens (tertiary/aromatic N) is 6. The lowest BCUT2D eigenvalue weighted by Crippen LogP contribution is -2.48. The van der Waals surface area contributed by atoms with Crippen molar-refractivity contribution >= 4 is 11.6 Å². The first-order valence-corrected chi connectivity index (χ1v) is 10.5. The number of aromatic nitrogens is 4. The summed E-state index contributed by atoms with van der Waals surface area (Å²) in [4.78, 5) is 18.1. The quantitative estimate of drug-likeness (QED) is 0.670. The van der Waals surface area contributed by atoms with E-state index in [0.29, 0.717) is 23.2 Å². The number of benzene rings is 1. The largest absolute Gasteiger partial charge is 0.334 e. The first kappa shape index (κ1) is 17.1. The van der Waals surface area contributed by atoms with Crippen LogP contribution in [0, 0.1) is 5.92 Å². The maximum Gasteiger partial charge on any atom is 0.254 e. The van der Waals surface area contributed by atoms with E-state index < -0.39 is 0 Å². The normalized spacial score (nSPS) is 24.8. The molecule has 1 aliphatic carbocycles. The van der Waals surface area contributed by atoms with Crippen LogP contribution >= 0.6 is 0 Å². The zero-order valence-corrected chi connectivity index (χ0v) is 16.3. The minimum atomic E-state index is 0.113. The lowest BCUT2D eigenvalue weighted by atomic mass is 9.94. The van der Waals surface area contributed by atoms with E-state index in [4.69, 9.17) is 0 Å². The second-order valence-corrected chi connectivity index (χ2v) is 8.74. The second kappa shape index (κ2) is 6.62. The van der Waals surface area contributed by atoms with Crippen molar-refractivity contribution in [3.8, 4) is 0 Å². The van der Waals surface area contributed by atoms with Gasteiger partial charge in [-0.3, -0.25) is 9.69 Å². The molecule has 3 aromatic rings. The highest BCUT2D eigenvalue weighted by Gasteiger charge is 2.40. The number of carbonyl (C=O) groups excluding carboxylic acids is 1. The van der Waals surface area contributed by atoms with Gasteiger partial charge in [-0.15, -0.1) is 5.10 Å². The minimum Gasteiger partial charge on any atom is -0.334 e. The Morgan fingerprint density at radius 3 is 2.62 bits per heavy atom. The van der Waals surface area contributed by atoms with Crippen molar-refractivity contribution in [1.29, 1.82) is 0 Å². The van der Waals surface area contributed by atoms with Gasteiger partial charge in [0.05, 0.1) is 0 Å². The van der Waals surface area contributed by atoms with E-state index >= 15 is 0 Å². The molecule has 0 spiro atoms. The van der Waals surface area contributed by atoms with Gasteiger partial charge >= 0.3 is 0 Å². The summed E-state index contributed by atoms with van der Waals surface area (Å²) in [6.07, 6.45) is 6.36. The third kappa shape index (κ3) is 2.92. The van der Waals surface area contributed by atoms with Crippen molar-refractivity contribution in [2.45, 2.75) is 37.8 Å². The van der Waals surface area contributed by atoms with Gasteiger partial charge in [0.25, 0.3) is 5.91 Å². The van der Waals surface area contributed by atoms with E-state index in [1.165, 1.54) is 17.5 Å². The number of tetrazole rings is 1. The highest BCUT2D eigenvalue weighted by Crippen LogP contribution is 2.33. The summed E-state index contributed by atoms with van der Waals surface area (Å²) in [5.74, 6) is 0.668. The van der Waals surface area contributed by atoms with Crippen LogP contribution in [0.2, 0.25) is 0 Å². The molecule has 29 heavy (non-hydrogen) atoms. The Balaban J connectivity index is 1.23. The molecule has 3 saturated heterocycles. The van der Waals surface area contributed by atoms with Crippen molar-refractivity contribution in [3.05, 3.63) is 59.3 Å². The molecule has 3 aliphatic heterocycles. The third-order valence-electron chi connectivity index (χ3n) is 6.99. The number of hydrogen-bond donors (Lipinski definition) is 0. The summed E-state index contributed by atoms with van der Waals surface area (Å²) in [6, 6.07) is 13.3. The Hall–Kier alpha value is -2.80. The van der Waals surface area contributed by atoms with Crippen molar-refractivity contribution in [2.24, 2.45) is 5.92 Å². The number of pyridine rings is 1. The maximum absolute atomic E-state index is 13.3. The van der Waals surface area contributed by atoms with Crippen molar-refractivity contribution in [2.75, 3.05) is 19.6 Å². The number of piperidine rings is 1. The molecule has 3 fully saturated rings. The van der Waals surface area contributed by atoms with E-state index in [2.05, 4.69) is 49.6 Å². The van der Waals surface area contributed by atoms with Crippen LogP contribution in [0.5, 0.6) is 0 Å². The van der Waals surface area contributed by atoms with Gasteiger partial charge in [-0.2, -0.15) is 0 Å². The first-order chi connectivity index (χ1) is 14.2. The van der Waals surface area contributed by atoms with E-state index in [1.54, 1.807) is 16.8 Å². The van der Waals surface area contributed by atoms with Crippen LogP contribution in [0.25, 0.3) is 5.65 Å². The van der Waals surface area contributed by atoms with E-state index in [-0.39, 0.29) is 11.9 Å². The molecule has 2 bridgehead atoms. The molecule has 0 unspecified atom stereocenters. The molecule has 0 N–H and O–H groups in total. The van der Waals surface area contributed by atoms with Crippen molar-refractivity contribution < 1.29 is 4.79 Å². The predicted molar refractivity (Wildman–Crippen MR) is 108 cm³/mol. The molecule has 7 nitrogen and oxygen atoms in total. The molecule has 7 heteroatoms. The number of carbonyl (C=O) groups is 1. The SMILES string of the molecule is O=C(c1ccn2nnnc2c1)N1C[C@H]2CC[C@@H]1CN(C1Cc3ccccc3C1)C2. The molecule has 2 aromatic heterocycles. The zero-order chi connectivity index (χ0) is 19.4. The van der Waals surface area contributed by atoms with Crippen LogP contribution in [-0.2, 0) is 12.8 Å². The molecule has 2 atom stereocenters. The zero-order valence-electron chi connectivity index (χ0n) is 16.3. The monoisotopic (exact) mass is 388 g/mol. The molecule has 148 valence electrons. The molecule has 1 aromatic carbocycles. The van der Waals surface area contributed by atoms with Gasteiger partial charge < -0.3 is 4.90 Å². The highest BCUT2D eigenvalue weighted by atomic mass is 16.2. The van der Waals surface area contributed by atoms with Crippen LogP contribution in [0.15, 0.2) is 42.6 Å². The van der Waals surface area contributed by atoms with E-state index in [1.807, 2.05) is 6.07 Å². The van der Waals surface area contributed by atoms with Crippen LogP contribution in [-0.4, -0.2) is 67.5 Å². The lowest BCUT2D eigenvalue weighted by molar-refractivity contribution is 0.0581. The fraction of sp³-hybridized carbons (Fsp3) is 0.455. The molecular weight excluding hydrogens is 364 g/mol. The summed E-state index contributed by atoms with van der Waals surface area (Å²) >= 11 is 0. The smallest absolute Gasteiger partial charge is 0.254 e. The van der Waals surface area contributed by atoms with Crippen molar-refractivity contribution in [1.82, 2.24) is 29.8 Å². The number of amides is 1. The number of fused-ring (bicyclic) bond motifs is 6. The molecule has 1 amide bonds. The van der Waals surface area contributed by atoms with E-state index in [0.717, 1.165) is 38.9 Å². The molecular formula is C22H24N6O. The molecule has 0 saturated carbocycles. The second-order valence-electron chi connectivity index (χ2n) is 8.74. The van der Waals surface area contributed by atoms with Crippen LogP contribution in [0.3, 0.4) is 0 Å². The summed E-state index contributed by atoms with van der Waals surface area (Å²) in [5, 5.41) is 11.5. The van der Waals surface area contributed by atoms with Crippen LogP contribution in [0.4, 0.5) is 0 Å². The Labute approximate surface area is 169 Å². The van der Waals surface area contributed by atoms with E-state index in [9.17, 15) is 4.79 Å². The number of rotatable bonds is 2. The Bertz CT molecular complexity index is 1050. The standard InChI is InChI=1S/C22H24N6O/c29-22(18-7-8-28-21(11-18)23-24-25-28)27-13-15-5-6-19(27)14-26(12-15)20-9-16-3-1-2-4-17(16)10-20/h1-4,7-8,11,15,19-20H,5-6,9-10,12-14H2/t15-,19+/m0/s1.